The van der Waals surface area contributed by atoms with Gasteiger partial charge in [-0.25, -0.2) is 4.98 Å². The third-order valence-corrected chi connectivity index (χ3v) is 4.57. The van der Waals surface area contributed by atoms with Crippen molar-refractivity contribution in [1.82, 2.24) is 15.6 Å². The molecule has 0 radical (unpaired) electrons. The van der Waals surface area contributed by atoms with Crippen molar-refractivity contribution in [1.29, 1.82) is 0 Å². The number of piperidine rings is 1. The van der Waals surface area contributed by atoms with E-state index in [1.165, 1.54) is 4.88 Å². The summed E-state index contributed by atoms with van der Waals surface area (Å²) in [6.07, 6.45) is 5.03. The highest BCUT2D eigenvalue weighted by Gasteiger charge is 2.35. The van der Waals surface area contributed by atoms with Crippen molar-refractivity contribution < 1.29 is 4.79 Å². The van der Waals surface area contributed by atoms with E-state index >= 15 is 0 Å². The molecule has 0 aromatic carbocycles. The van der Waals surface area contributed by atoms with E-state index < -0.39 is 5.54 Å². The molecule has 0 saturated carbocycles. The van der Waals surface area contributed by atoms with E-state index in [1.807, 2.05) is 27.0 Å². The van der Waals surface area contributed by atoms with E-state index in [0.717, 1.165) is 30.8 Å². The Morgan fingerprint density at radius 2 is 2.39 bits per heavy atom. The molecule has 0 bridgehead atoms. The van der Waals surface area contributed by atoms with E-state index in [4.69, 9.17) is 0 Å². The minimum absolute atomic E-state index is 0.0169. The van der Waals surface area contributed by atoms with Gasteiger partial charge in [0, 0.05) is 11.1 Å². The van der Waals surface area contributed by atoms with Crippen molar-refractivity contribution in [2.45, 2.75) is 51.6 Å². The molecule has 1 saturated heterocycles. The van der Waals surface area contributed by atoms with Gasteiger partial charge >= 0.3 is 0 Å². The number of carbonyl (C=O) groups excluding carboxylic acids is 1. The summed E-state index contributed by atoms with van der Waals surface area (Å²) in [5.41, 5.74) is -0.418. The van der Waals surface area contributed by atoms with Crippen molar-refractivity contribution in [2.75, 3.05) is 6.54 Å². The van der Waals surface area contributed by atoms with Gasteiger partial charge in [-0.15, -0.1) is 11.3 Å². The Bertz CT molecular complexity index is 424. The van der Waals surface area contributed by atoms with Gasteiger partial charge < -0.3 is 10.6 Å². The Morgan fingerprint density at radius 1 is 1.61 bits per heavy atom. The van der Waals surface area contributed by atoms with E-state index in [0.29, 0.717) is 0 Å². The van der Waals surface area contributed by atoms with Crippen LogP contribution in [0.2, 0.25) is 0 Å². The number of aromatic nitrogens is 1. The van der Waals surface area contributed by atoms with E-state index in [2.05, 4.69) is 15.6 Å². The van der Waals surface area contributed by atoms with Crippen LogP contribution in [-0.2, 0) is 4.79 Å². The first-order valence-corrected chi connectivity index (χ1v) is 7.31. The fourth-order valence-electron chi connectivity index (χ4n) is 2.24. The molecule has 5 heteroatoms. The SMILES string of the molecule is Cc1cnc(C(C)NC(=O)C2(C)CCCCN2)s1. The average molecular weight is 267 g/mol. The summed E-state index contributed by atoms with van der Waals surface area (Å²) < 4.78 is 0. The average Bonchev–Trinajstić information content (AvgIpc) is 2.77. The van der Waals surface area contributed by atoms with Gasteiger partial charge in [0.25, 0.3) is 0 Å². The normalized spacial score (nSPS) is 25.7. The monoisotopic (exact) mass is 267 g/mol. The molecule has 4 nitrogen and oxygen atoms in total. The van der Waals surface area contributed by atoms with Gasteiger partial charge in [-0.1, -0.05) is 0 Å². The van der Waals surface area contributed by atoms with Gasteiger partial charge in [0.15, 0.2) is 0 Å². The van der Waals surface area contributed by atoms with E-state index in [-0.39, 0.29) is 11.9 Å². The van der Waals surface area contributed by atoms with Gasteiger partial charge in [-0.2, -0.15) is 0 Å². The number of hydrogen-bond donors (Lipinski definition) is 2. The zero-order valence-corrected chi connectivity index (χ0v) is 12.1. The second-order valence-electron chi connectivity index (χ2n) is 5.22. The summed E-state index contributed by atoms with van der Waals surface area (Å²) in [7, 11) is 0. The molecule has 100 valence electrons. The molecule has 1 aliphatic rings. The van der Waals surface area contributed by atoms with Gasteiger partial charge in [-0.05, 0) is 46.6 Å². The Morgan fingerprint density at radius 3 is 2.94 bits per heavy atom. The number of nitrogens with zero attached hydrogens (tertiary/aromatic N) is 1. The summed E-state index contributed by atoms with van der Waals surface area (Å²) in [5, 5.41) is 7.37. The Labute approximate surface area is 112 Å². The van der Waals surface area contributed by atoms with Gasteiger partial charge in [0.2, 0.25) is 5.91 Å². The highest BCUT2D eigenvalue weighted by atomic mass is 32.1. The predicted molar refractivity (Wildman–Crippen MR) is 73.7 cm³/mol. The van der Waals surface area contributed by atoms with Gasteiger partial charge in [0.1, 0.15) is 5.01 Å². The maximum Gasteiger partial charge on any atom is 0.240 e. The summed E-state index contributed by atoms with van der Waals surface area (Å²) in [4.78, 5) is 17.8. The van der Waals surface area contributed by atoms with Crippen LogP contribution in [0.3, 0.4) is 0 Å². The lowest BCUT2D eigenvalue weighted by Crippen LogP contribution is -2.57. The van der Waals surface area contributed by atoms with Crippen LogP contribution in [-0.4, -0.2) is 23.0 Å². The topological polar surface area (TPSA) is 54.0 Å². The first kappa shape index (κ1) is 13.5. The van der Waals surface area contributed by atoms with Crippen LogP contribution < -0.4 is 10.6 Å². The summed E-state index contributed by atoms with van der Waals surface area (Å²) in [6.45, 7) is 6.93. The smallest absolute Gasteiger partial charge is 0.240 e. The van der Waals surface area contributed by atoms with Crippen LogP contribution in [0.1, 0.15) is 49.0 Å². The van der Waals surface area contributed by atoms with Crippen molar-refractivity contribution >= 4 is 17.2 Å². The Hall–Kier alpha value is -0.940. The molecule has 1 fully saturated rings. The van der Waals surface area contributed by atoms with E-state index in [1.54, 1.807) is 11.3 Å². The Balaban J connectivity index is 1.98. The maximum absolute atomic E-state index is 12.3. The van der Waals surface area contributed by atoms with Crippen molar-refractivity contribution in [2.24, 2.45) is 0 Å². The molecular weight excluding hydrogens is 246 g/mol. The molecule has 1 aliphatic heterocycles. The second-order valence-corrected chi connectivity index (χ2v) is 6.49. The highest BCUT2D eigenvalue weighted by Crippen LogP contribution is 2.22. The third-order valence-electron chi connectivity index (χ3n) is 3.48. The fourth-order valence-corrected chi connectivity index (χ4v) is 3.02. The van der Waals surface area contributed by atoms with Crippen LogP contribution in [0.4, 0.5) is 0 Å². The number of carbonyl (C=O) groups is 1. The van der Waals surface area contributed by atoms with Crippen molar-refractivity contribution in [3.8, 4) is 0 Å². The lowest BCUT2D eigenvalue weighted by Gasteiger charge is -2.34. The zero-order chi connectivity index (χ0) is 13.2. The summed E-state index contributed by atoms with van der Waals surface area (Å²) in [5.74, 6) is 0.0857. The largest absolute Gasteiger partial charge is 0.346 e. The fraction of sp³-hybridized carbons (Fsp3) is 0.692. The molecule has 2 rings (SSSR count). The third kappa shape index (κ3) is 2.90. The highest BCUT2D eigenvalue weighted by molar-refractivity contribution is 7.11. The predicted octanol–water partition coefficient (Wildman–Crippen LogP) is 2.16. The first-order chi connectivity index (χ1) is 8.51. The van der Waals surface area contributed by atoms with Crippen LogP contribution >= 0.6 is 11.3 Å². The molecule has 1 aromatic rings. The lowest BCUT2D eigenvalue weighted by atomic mass is 9.90. The second kappa shape index (κ2) is 5.36. The molecular formula is C13H21N3OS. The molecule has 0 aliphatic carbocycles. The van der Waals surface area contributed by atoms with Crippen LogP contribution in [0.5, 0.6) is 0 Å². The number of thiazole rings is 1. The number of nitrogens with one attached hydrogen (secondary N) is 2. The number of amides is 1. The molecule has 0 spiro atoms. The minimum Gasteiger partial charge on any atom is -0.346 e. The Kier molecular flexibility index (Phi) is 4.02. The number of hydrogen-bond acceptors (Lipinski definition) is 4. The van der Waals surface area contributed by atoms with Crippen LogP contribution in [0.15, 0.2) is 6.20 Å². The molecule has 2 atom stereocenters. The minimum atomic E-state index is -0.418. The van der Waals surface area contributed by atoms with Crippen molar-refractivity contribution in [3.63, 3.8) is 0 Å². The number of rotatable bonds is 3. The standard InChI is InChI=1S/C13H21N3OS/c1-9-8-14-11(18-9)10(2)16-12(17)13(3)6-4-5-7-15-13/h8,10,15H,4-7H2,1-3H3,(H,16,17). The van der Waals surface area contributed by atoms with Crippen LogP contribution in [0.25, 0.3) is 0 Å². The van der Waals surface area contributed by atoms with Crippen LogP contribution in [0, 0.1) is 6.92 Å². The summed E-state index contributed by atoms with van der Waals surface area (Å²) >= 11 is 1.64. The molecule has 2 unspecified atom stereocenters. The van der Waals surface area contributed by atoms with E-state index in [9.17, 15) is 4.79 Å². The first-order valence-electron chi connectivity index (χ1n) is 6.49. The molecule has 2 heterocycles. The molecule has 2 N–H and O–H groups in total. The lowest BCUT2D eigenvalue weighted by molar-refractivity contribution is -0.128. The molecule has 1 aromatic heterocycles. The molecule has 18 heavy (non-hydrogen) atoms. The summed E-state index contributed by atoms with van der Waals surface area (Å²) in [6, 6.07) is -0.0169. The van der Waals surface area contributed by atoms with Gasteiger partial charge in [-0.3, -0.25) is 4.79 Å². The van der Waals surface area contributed by atoms with Gasteiger partial charge in [0.05, 0.1) is 11.6 Å². The zero-order valence-electron chi connectivity index (χ0n) is 11.2. The maximum atomic E-state index is 12.3. The van der Waals surface area contributed by atoms with Crippen molar-refractivity contribution in [3.05, 3.63) is 16.1 Å². The number of aryl methyl sites for hydroxylation is 1. The molecule has 1 amide bonds. The quantitative estimate of drug-likeness (QED) is 0.882.